The van der Waals surface area contributed by atoms with E-state index in [1.165, 1.54) is 25.3 Å². The number of carbonyl (C=O) groups excluding carboxylic acids is 1. The lowest BCUT2D eigenvalue weighted by Crippen LogP contribution is -2.25. The zero-order valence-electron chi connectivity index (χ0n) is 11.9. The van der Waals surface area contributed by atoms with E-state index in [0.717, 1.165) is 0 Å². The number of benzene rings is 1. The number of hydrogen-bond acceptors (Lipinski definition) is 3. The zero-order valence-corrected chi connectivity index (χ0v) is 11.9. The molecule has 0 N–H and O–H groups in total. The molecule has 0 aliphatic carbocycles. The van der Waals surface area contributed by atoms with Crippen molar-refractivity contribution in [2.75, 3.05) is 5.01 Å². The summed E-state index contributed by atoms with van der Waals surface area (Å²) < 4.78 is 72.4. The van der Waals surface area contributed by atoms with Crippen LogP contribution in [0.25, 0.3) is 6.08 Å². The molecule has 124 valence electrons. The predicted molar refractivity (Wildman–Crippen MR) is 73.5 cm³/mol. The largest absolute Gasteiger partial charge is 0.465 e. The van der Waals surface area contributed by atoms with Gasteiger partial charge in [0.15, 0.2) is 23.3 Å². The second-order valence-corrected chi connectivity index (χ2v) is 4.79. The topological polar surface area (TPSA) is 45.8 Å². The van der Waals surface area contributed by atoms with Gasteiger partial charge in [0.05, 0.1) is 17.5 Å². The molecule has 0 spiro atoms. The van der Waals surface area contributed by atoms with E-state index >= 15 is 0 Å². The first kappa shape index (κ1) is 15.9. The van der Waals surface area contributed by atoms with Gasteiger partial charge in [0.1, 0.15) is 11.4 Å². The number of nitrogens with zero attached hydrogens (tertiary/aromatic N) is 2. The highest BCUT2D eigenvalue weighted by molar-refractivity contribution is 6.32. The third-order valence-corrected chi connectivity index (χ3v) is 3.29. The Hall–Kier alpha value is -2.97. The van der Waals surface area contributed by atoms with Crippen molar-refractivity contribution < 1.29 is 31.2 Å². The van der Waals surface area contributed by atoms with Crippen LogP contribution in [0, 0.1) is 29.1 Å². The van der Waals surface area contributed by atoms with E-state index < -0.39 is 40.7 Å². The van der Waals surface area contributed by atoms with Gasteiger partial charge in [-0.15, -0.1) is 0 Å². The van der Waals surface area contributed by atoms with Crippen LogP contribution in [0.5, 0.6) is 0 Å². The number of amides is 1. The van der Waals surface area contributed by atoms with Crippen LogP contribution in [0.4, 0.5) is 27.6 Å². The molecule has 9 heteroatoms. The monoisotopic (exact) mass is 342 g/mol. The van der Waals surface area contributed by atoms with Crippen LogP contribution < -0.4 is 5.01 Å². The van der Waals surface area contributed by atoms with Crippen LogP contribution in [-0.2, 0) is 4.79 Å². The Morgan fingerprint density at radius 1 is 1.04 bits per heavy atom. The number of anilines is 1. The fourth-order valence-corrected chi connectivity index (χ4v) is 2.13. The number of carbonyl (C=O) groups is 1. The lowest BCUT2D eigenvalue weighted by molar-refractivity contribution is -0.114. The summed E-state index contributed by atoms with van der Waals surface area (Å²) in [7, 11) is 0. The second-order valence-electron chi connectivity index (χ2n) is 4.79. The minimum Gasteiger partial charge on any atom is -0.465 e. The van der Waals surface area contributed by atoms with Crippen molar-refractivity contribution in [2.24, 2.45) is 5.10 Å². The number of hydrogen-bond donors (Lipinski definition) is 0. The summed E-state index contributed by atoms with van der Waals surface area (Å²) in [6.07, 6.45) is 2.58. The molecule has 3 rings (SSSR count). The van der Waals surface area contributed by atoms with Gasteiger partial charge in [-0.25, -0.2) is 22.0 Å². The van der Waals surface area contributed by atoms with E-state index in [9.17, 15) is 26.7 Å². The van der Waals surface area contributed by atoms with Gasteiger partial charge in [-0.1, -0.05) is 0 Å². The first-order valence-electron chi connectivity index (χ1n) is 6.49. The number of hydrazone groups is 1. The normalized spacial score (nSPS) is 16.2. The molecule has 0 fully saturated rings. The van der Waals surface area contributed by atoms with Crippen molar-refractivity contribution in [3.8, 4) is 0 Å². The molecule has 1 aliphatic rings. The molecule has 1 aromatic carbocycles. The summed E-state index contributed by atoms with van der Waals surface area (Å²) in [4.78, 5) is 12.3. The summed E-state index contributed by atoms with van der Waals surface area (Å²) >= 11 is 0. The average molecular weight is 342 g/mol. The van der Waals surface area contributed by atoms with Crippen molar-refractivity contribution in [1.29, 1.82) is 0 Å². The molecule has 0 atom stereocenters. The van der Waals surface area contributed by atoms with Crippen molar-refractivity contribution in [3.63, 3.8) is 0 Å². The summed E-state index contributed by atoms with van der Waals surface area (Å²) in [5.74, 6) is -11.7. The summed E-state index contributed by atoms with van der Waals surface area (Å²) in [6.45, 7) is 1.35. The maximum atomic E-state index is 13.8. The highest BCUT2D eigenvalue weighted by atomic mass is 19.2. The summed E-state index contributed by atoms with van der Waals surface area (Å²) in [5, 5.41) is 3.73. The minimum absolute atomic E-state index is 0.0281. The molecule has 0 saturated heterocycles. The van der Waals surface area contributed by atoms with Crippen molar-refractivity contribution in [3.05, 3.63) is 58.8 Å². The molecule has 24 heavy (non-hydrogen) atoms. The Morgan fingerprint density at radius 3 is 2.17 bits per heavy atom. The molecule has 0 radical (unpaired) electrons. The first-order chi connectivity index (χ1) is 11.3. The SMILES string of the molecule is CC1=NN(c2c(F)c(F)c(F)c(F)c2F)C(=O)/C1=C/c1ccco1. The fraction of sp³-hybridized carbons (Fsp3) is 0.0667. The molecule has 2 heterocycles. The van der Waals surface area contributed by atoms with E-state index in [2.05, 4.69) is 5.10 Å². The van der Waals surface area contributed by atoms with E-state index in [1.54, 1.807) is 6.07 Å². The van der Waals surface area contributed by atoms with Gasteiger partial charge in [-0.05, 0) is 25.1 Å². The van der Waals surface area contributed by atoms with E-state index in [0.29, 0.717) is 0 Å². The van der Waals surface area contributed by atoms with Crippen LogP contribution >= 0.6 is 0 Å². The lowest BCUT2D eigenvalue weighted by atomic mass is 10.1. The smallest absolute Gasteiger partial charge is 0.280 e. The van der Waals surface area contributed by atoms with Crippen LogP contribution in [0.1, 0.15) is 12.7 Å². The molecule has 1 amide bonds. The van der Waals surface area contributed by atoms with Crippen molar-refractivity contribution in [2.45, 2.75) is 6.92 Å². The summed E-state index contributed by atoms with van der Waals surface area (Å²) in [6, 6.07) is 3.05. The predicted octanol–water partition coefficient (Wildman–Crippen LogP) is 3.78. The van der Waals surface area contributed by atoms with E-state index in [1.807, 2.05) is 0 Å². The molecule has 1 aliphatic heterocycles. The maximum Gasteiger partial charge on any atom is 0.280 e. The van der Waals surface area contributed by atoms with Crippen molar-refractivity contribution in [1.82, 2.24) is 0 Å². The summed E-state index contributed by atoms with van der Waals surface area (Å²) in [5.41, 5.74) is -1.51. The second kappa shape index (κ2) is 5.59. The highest BCUT2D eigenvalue weighted by Crippen LogP contribution is 2.33. The van der Waals surface area contributed by atoms with Gasteiger partial charge in [0.25, 0.3) is 5.91 Å². The standard InChI is InChI=1S/C15H7F5N2O2/c1-6-8(5-7-3-2-4-24-7)15(23)22(21-6)14-12(19)10(17)9(16)11(18)13(14)20/h2-5H,1H3/b8-5+. The molecule has 4 nitrogen and oxygen atoms in total. The van der Waals surface area contributed by atoms with Crippen LogP contribution in [-0.4, -0.2) is 11.6 Å². The third kappa shape index (κ3) is 2.29. The maximum absolute atomic E-state index is 13.8. The Balaban J connectivity index is 2.12. The van der Waals surface area contributed by atoms with Crippen molar-refractivity contribution >= 4 is 23.4 Å². The molecular weight excluding hydrogens is 335 g/mol. The van der Waals surface area contributed by atoms with Crippen LogP contribution in [0.2, 0.25) is 0 Å². The molecule has 0 saturated carbocycles. The van der Waals surface area contributed by atoms with Gasteiger partial charge in [0, 0.05) is 0 Å². The zero-order chi connectivity index (χ0) is 17.6. The highest BCUT2D eigenvalue weighted by Gasteiger charge is 2.37. The van der Waals surface area contributed by atoms with Gasteiger partial charge >= 0.3 is 0 Å². The Kier molecular flexibility index (Phi) is 3.70. The Bertz CT molecular complexity index is 874. The van der Waals surface area contributed by atoms with Gasteiger partial charge < -0.3 is 4.42 Å². The fourth-order valence-electron chi connectivity index (χ4n) is 2.13. The minimum atomic E-state index is -2.31. The van der Waals surface area contributed by atoms with Crippen LogP contribution in [0.3, 0.4) is 0 Å². The quantitative estimate of drug-likeness (QED) is 0.361. The number of halogens is 5. The van der Waals surface area contributed by atoms with E-state index in [-0.39, 0.29) is 22.1 Å². The van der Waals surface area contributed by atoms with Gasteiger partial charge in [0.2, 0.25) is 5.82 Å². The molecule has 2 aromatic rings. The first-order valence-corrected chi connectivity index (χ1v) is 6.49. The molecule has 1 aromatic heterocycles. The molecule has 0 unspecified atom stereocenters. The molecular formula is C15H7F5N2O2. The third-order valence-electron chi connectivity index (χ3n) is 3.29. The average Bonchev–Trinajstić information content (AvgIpc) is 3.16. The van der Waals surface area contributed by atoms with Gasteiger partial charge in [-0.2, -0.15) is 10.1 Å². The number of furan rings is 1. The Morgan fingerprint density at radius 2 is 1.62 bits per heavy atom. The van der Waals surface area contributed by atoms with E-state index in [4.69, 9.17) is 4.42 Å². The van der Waals surface area contributed by atoms with Crippen LogP contribution in [0.15, 0.2) is 33.5 Å². The van der Waals surface area contributed by atoms with Gasteiger partial charge in [-0.3, -0.25) is 4.79 Å². The number of rotatable bonds is 2. The molecule has 0 bridgehead atoms. The lowest BCUT2D eigenvalue weighted by Gasteiger charge is -2.14. The Labute approximate surface area is 131 Å².